The summed E-state index contributed by atoms with van der Waals surface area (Å²) in [6.07, 6.45) is 2.97. The average molecular weight is 725 g/mol. The van der Waals surface area contributed by atoms with Gasteiger partial charge in [-0.3, -0.25) is 19.6 Å². The van der Waals surface area contributed by atoms with Crippen molar-refractivity contribution in [2.75, 3.05) is 0 Å². The van der Waals surface area contributed by atoms with Crippen LogP contribution in [0.1, 0.15) is 115 Å². The minimum Gasteiger partial charge on any atom is -0.506 e. The van der Waals surface area contributed by atoms with Gasteiger partial charge in [-0.05, 0) is 153 Å². The molecule has 4 aromatic rings. The van der Waals surface area contributed by atoms with Crippen LogP contribution in [0.3, 0.4) is 0 Å². The van der Waals surface area contributed by atoms with E-state index in [-0.39, 0.29) is 34.2 Å². The van der Waals surface area contributed by atoms with Crippen LogP contribution >= 0.6 is 0 Å². The van der Waals surface area contributed by atoms with Gasteiger partial charge in [0.25, 0.3) is 0 Å². The fraction of sp³-hybridized carbons (Fsp3) is 0.333. The Morgan fingerprint density at radius 3 is 0.889 bits per heavy atom. The van der Waals surface area contributed by atoms with Crippen LogP contribution in [-0.4, -0.2) is 34.2 Å². The monoisotopic (exact) mass is 724 g/mol. The van der Waals surface area contributed by atoms with Gasteiger partial charge in [0.1, 0.15) is 23.6 Å². The first kappa shape index (κ1) is 41.4. The summed E-state index contributed by atoms with van der Waals surface area (Å²) in [5, 5.41) is 23.5. The van der Waals surface area contributed by atoms with Crippen LogP contribution in [0.4, 0.5) is 0 Å². The van der Waals surface area contributed by atoms with E-state index in [0.29, 0.717) is 11.1 Å². The number of allylic oxidation sites excluding steroid dienone is 2. The molecule has 0 bridgehead atoms. The topological polar surface area (TPSA) is 99.3 Å². The number of aliphatic hydroxyl groups is 2. The predicted molar refractivity (Wildman–Crippen MR) is 226 cm³/mol. The summed E-state index contributed by atoms with van der Waals surface area (Å²) in [7, 11) is 0. The van der Waals surface area contributed by atoms with Crippen LogP contribution in [0.25, 0.3) is 11.5 Å². The van der Waals surface area contributed by atoms with Gasteiger partial charge >= 0.3 is 0 Å². The molecule has 0 aliphatic carbocycles. The Kier molecular flexibility index (Phi) is 12.8. The number of aliphatic hydroxyl groups excluding tert-OH is 2. The molecule has 0 aliphatic rings. The molecule has 4 aromatic carbocycles. The quantitative estimate of drug-likeness (QED) is 0.0913. The van der Waals surface area contributed by atoms with E-state index in [0.717, 1.165) is 77.9 Å². The maximum absolute atomic E-state index is 13.3. The van der Waals surface area contributed by atoms with E-state index in [2.05, 4.69) is 38.1 Å². The van der Waals surface area contributed by atoms with Crippen molar-refractivity contribution in [1.82, 2.24) is 0 Å². The zero-order valence-corrected chi connectivity index (χ0v) is 34.5. The molecule has 0 radical (unpaired) electrons. The van der Waals surface area contributed by atoms with E-state index in [9.17, 15) is 19.8 Å². The third-order valence-corrected chi connectivity index (χ3v) is 10.2. The molecular weight excluding hydrogens is 669 g/mol. The number of carbonyl (C=O) groups excluding carboxylic acids is 2. The van der Waals surface area contributed by atoms with E-state index in [1.54, 1.807) is 0 Å². The SMILES string of the molecule is CC(=O)/C(C=N[C@H](c1c(C)cc(C)cc1C)[C@H](N=C/C(C(C)=O)=C(\O)c1c(C)cc(C)cc1C)c1c(C)cc(C)cc1C)=C(/O)c1c(C)cc(C)cc1C. The van der Waals surface area contributed by atoms with Crippen molar-refractivity contribution in [2.45, 2.75) is 109 Å². The van der Waals surface area contributed by atoms with E-state index in [4.69, 9.17) is 9.98 Å². The van der Waals surface area contributed by atoms with E-state index in [1.165, 1.54) is 26.3 Å². The molecule has 4 rings (SSSR count). The summed E-state index contributed by atoms with van der Waals surface area (Å²) in [5.41, 5.74) is 15.0. The number of rotatable bonds is 11. The van der Waals surface area contributed by atoms with Gasteiger partial charge in [0, 0.05) is 23.6 Å². The Morgan fingerprint density at radius 2 is 0.667 bits per heavy atom. The third-order valence-electron chi connectivity index (χ3n) is 10.2. The molecule has 0 aromatic heterocycles. The first-order chi connectivity index (χ1) is 25.2. The Bertz CT molecular complexity index is 2030. The number of benzene rings is 4. The molecular formula is C48H56N2O4. The molecule has 0 spiro atoms. The molecule has 6 nitrogen and oxygen atoms in total. The fourth-order valence-corrected chi connectivity index (χ4v) is 8.27. The van der Waals surface area contributed by atoms with Crippen LogP contribution in [0.2, 0.25) is 0 Å². The van der Waals surface area contributed by atoms with E-state index < -0.39 is 12.1 Å². The number of Topliss-reactive ketones (excluding diaryl/α,β-unsaturated/α-hetero) is 2. The minimum absolute atomic E-state index is 0.0878. The van der Waals surface area contributed by atoms with Crippen molar-refractivity contribution in [3.63, 3.8) is 0 Å². The van der Waals surface area contributed by atoms with Gasteiger partial charge < -0.3 is 10.2 Å². The van der Waals surface area contributed by atoms with Crippen LogP contribution in [0.5, 0.6) is 0 Å². The zero-order valence-electron chi connectivity index (χ0n) is 34.5. The highest BCUT2D eigenvalue weighted by atomic mass is 16.3. The summed E-state index contributed by atoms with van der Waals surface area (Å²) in [5.74, 6) is -0.915. The van der Waals surface area contributed by atoms with Crippen LogP contribution in [-0.2, 0) is 9.59 Å². The zero-order chi connectivity index (χ0) is 40.3. The number of aryl methyl sites for hydroxylation is 12. The van der Waals surface area contributed by atoms with Crippen molar-refractivity contribution in [2.24, 2.45) is 9.98 Å². The average Bonchev–Trinajstić information content (AvgIpc) is 3.01. The van der Waals surface area contributed by atoms with Gasteiger partial charge in [-0.1, -0.05) is 70.8 Å². The molecule has 0 fully saturated rings. The highest BCUT2D eigenvalue weighted by Gasteiger charge is 2.30. The van der Waals surface area contributed by atoms with E-state index in [1.807, 2.05) is 93.5 Å². The van der Waals surface area contributed by atoms with Gasteiger partial charge in [0.15, 0.2) is 11.6 Å². The number of carbonyl (C=O) groups is 2. The molecule has 0 amide bonds. The second kappa shape index (κ2) is 16.8. The van der Waals surface area contributed by atoms with Gasteiger partial charge in [-0.2, -0.15) is 0 Å². The highest BCUT2D eigenvalue weighted by molar-refractivity contribution is 6.18. The molecule has 282 valence electrons. The van der Waals surface area contributed by atoms with Crippen molar-refractivity contribution in [3.05, 3.63) is 149 Å². The molecule has 6 heteroatoms. The largest absolute Gasteiger partial charge is 0.506 e. The maximum atomic E-state index is 13.3. The van der Waals surface area contributed by atoms with Crippen molar-refractivity contribution in [1.29, 1.82) is 0 Å². The lowest BCUT2D eigenvalue weighted by molar-refractivity contribution is -0.114. The summed E-state index contributed by atoms with van der Waals surface area (Å²) >= 11 is 0. The molecule has 0 heterocycles. The predicted octanol–water partition coefficient (Wildman–Crippen LogP) is 11.4. The van der Waals surface area contributed by atoms with E-state index >= 15 is 0 Å². The molecule has 2 N–H and O–H groups in total. The summed E-state index contributed by atoms with van der Waals surface area (Å²) in [6.45, 7) is 26.8. The smallest absolute Gasteiger partial charge is 0.165 e. The van der Waals surface area contributed by atoms with Crippen LogP contribution in [0, 0.1) is 83.1 Å². The molecule has 2 atom stereocenters. The molecule has 0 saturated heterocycles. The summed E-state index contributed by atoms with van der Waals surface area (Å²) in [6, 6.07) is 15.0. The lowest BCUT2D eigenvalue weighted by Gasteiger charge is -2.28. The fourth-order valence-electron chi connectivity index (χ4n) is 8.27. The Morgan fingerprint density at radius 1 is 0.444 bits per heavy atom. The Labute approximate surface area is 322 Å². The number of hydrogen-bond donors (Lipinski definition) is 2. The molecule has 0 saturated carbocycles. The van der Waals surface area contributed by atoms with Crippen molar-refractivity contribution < 1.29 is 19.8 Å². The van der Waals surface area contributed by atoms with Crippen LogP contribution in [0.15, 0.2) is 69.7 Å². The molecule has 0 aliphatic heterocycles. The second-order valence-electron chi connectivity index (χ2n) is 15.3. The standard InChI is InChI=1S/C48H56N2O4/c1-25-15-29(5)41(30(6)16-25)45(49-23-39(37(13)51)47(53)43-33(9)19-27(3)20-34(43)10)46(42-31(7)17-26(2)18-32(42)8)50-24-40(38(14)52)48(54)44-35(11)21-28(4)22-36(44)12/h15-24,45-46,53-54H,1-14H3/b47-39+,48-40+,49-23?,50-24?/t45-,46-/m1/s1. The van der Waals surface area contributed by atoms with Gasteiger partial charge in [0.05, 0.1) is 11.1 Å². The number of nitrogens with zero attached hydrogens (tertiary/aromatic N) is 2. The van der Waals surface area contributed by atoms with Gasteiger partial charge in [-0.25, -0.2) is 0 Å². The van der Waals surface area contributed by atoms with Crippen molar-refractivity contribution in [3.8, 4) is 0 Å². The first-order valence-electron chi connectivity index (χ1n) is 18.5. The maximum Gasteiger partial charge on any atom is 0.165 e. The minimum atomic E-state index is -0.692. The summed E-state index contributed by atoms with van der Waals surface area (Å²) in [4.78, 5) is 37.0. The van der Waals surface area contributed by atoms with Gasteiger partial charge in [-0.15, -0.1) is 0 Å². The molecule has 54 heavy (non-hydrogen) atoms. The van der Waals surface area contributed by atoms with Crippen LogP contribution < -0.4 is 0 Å². The summed E-state index contributed by atoms with van der Waals surface area (Å²) < 4.78 is 0. The lowest BCUT2D eigenvalue weighted by Crippen LogP contribution is -2.16. The Balaban J connectivity index is 2.11. The van der Waals surface area contributed by atoms with Gasteiger partial charge in [0.2, 0.25) is 0 Å². The third kappa shape index (κ3) is 8.87. The lowest BCUT2D eigenvalue weighted by atomic mass is 9.84. The first-order valence-corrected chi connectivity index (χ1v) is 18.5. The number of ketones is 2. The Hall–Kier alpha value is -5.36. The number of aliphatic imine (C=N–C) groups is 2. The highest BCUT2D eigenvalue weighted by Crippen LogP contribution is 2.42. The normalized spacial score (nSPS) is 14.0. The number of hydrogen-bond acceptors (Lipinski definition) is 6. The second-order valence-corrected chi connectivity index (χ2v) is 15.3. The van der Waals surface area contributed by atoms with Crippen molar-refractivity contribution >= 4 is 35.5 Å². The molecule has 0 unspecified atom stereocenters.